The third kappa shape index (κ3) is 10.6. The zero-order valence-electron chi connectivity index (χ0n) is 34.9. The maximum Gasteiger partial charge on any atom is 0.339 e. The third-order valence-electron chi connectivity index (χ3n) is 12.3. The monoisotopic (exact) mass is 703 g/mol. The van der Waals surface area contributed by atoms with Gasteiger partial charge in [-0.2, -0.15) is 0 Å². The van der Waals surface area contributed by atoms with E-state index in [4.69, 9.17) is 29.4 Å². The van der Waals surface area contributed by atoms with E-state index in [1.54, 1.807) is 6.92 Å². The molecule has 1 aromatic rings. The van der Waals surface area contributed by atoms with Crippen molar-refractivity contribution in [1.82, 2.24) is 0 Å². The van der Waals surface area contributed by atoms with Gasteiger partial charge in [0.1, 0.15) is 11.3 Å². The first-order chi connectivity index (χ1) is 23.1. The van der Waals surface area contributed by atoms with E-state index in [0.29, 0.717) is 0 Å². The van der Waals surface area contributed by atoms with Crippen LogP contribution in [0.4, 0.5) is 5.69 Å². The van der Waals surface area contributed by atoms with E-state index < -0.39 is 63.1 Å². The number of ether oxygens (including phenoxy) is 5. The molecule has 0 amide bonds. The average Bonchev–Trinajstić information content (AvgIpc) is 2.90. The zero-order valence-corrected chi connectivity index (χ0v) is 34.9. The molecule has 0 saturated carbocycles. The smallest absolute Gasteiger partial charge is 0.339 e. The Kier molecular flexibility index (Phi) is 13.6. The lowest BCUT2D eigenvalue weighted by atomic mass is 9.22. The van der Waals surface area contributed by atoms with E-state index in [0.717, 1.165) is 0 Å². The Morgan fingerprint density at radius 3 is 1.60 bits per heavy atom. The Hall–Kier alpha value is -2.37. The molecular formula is C26H52B15NO10. The van der Waals surface area contributed by atoms with Crippen LogP contribution in [0, 0.1) is 0 Å². The molecule has 3 N–H and O–H groups in total. The lowest BCUT2D eigenvalue weighted by Crippen LogP contribution is -2.71. The molecule has 0 spiro atoms. The maximum atomic E-state index is 14.0. The highest BCUT2D eigenvalue weighted by atomic mass is 16.7. The standard InChI is InChI=1S/C26H52B15NO10/c1-19(51-14(44)7-22(29,30)25(36,37)38)9-48-18(49-12-4-3-10(42)5-11(12)16(46)47)20(2,52-15(45)8-23(31,32)26(39,40)41)17(19)50-13(43)6-21(27,28)24(33,34)35/h3-5,17-18H,6-9,27-42H2,1-2H3,(H,46,47)/t17-,18-,19?,20?/m1/s1. The molecule has 1 saturated heterocycles. The maximum absolute atomic E-state index is 14.0. The number of rotatable bonds is 15. The van der Waals surface area contributed by atoms with Crippen LogP contribution in [-0.4, -0.2) is 177 Å². The zero-order chi connectivity index (χ0) is 40.7. The minimum absolute atomic E-state index is 0.0112. The first kappa shape index (κ1) is 45.8. The molecule has 1 aliphatic heterocycles. The highest BCUT2D eigenvalue weighted by Crippen LogP contribution is 2.47. The predicted octanol–water partition coefficient (Wildman–Crippen LogP) is -11.5. The van der Waals surface area contributed by atoms with Crippen LogP contribution in [-0.2, 0) is 33.3 Å². The van der Waals surface area contributed by atoms with Gasteiger partial charge in [-0.25, -0.2) is 4.79 Å². The summed E-state index contributed by atoms with van der Waals surface area (Å²) in [6.45, 7) is 2.74. The Balaban J connectivity index is 2.80. The molecule has 0 bridgehead atoms. The van der Waals surface area contributed by atoms with Gasteiger partial charge in [0.25, 0.3) is 0 Å². The number of carbonyl (C=O) groups excluding carboxylic acids is 3. The molecule has 0 aromatic heterocycles. The van der Waals surface area contributed by atoms with Crippen molar-refractivity contribution in [1.29, 1.82) is 0 Å². The van der Waals surface area contributed by atoms with Crippen molar-refractivity contribution in [2.75, 3.05) is 12.3 Å². The number of benzene rings is 1. The summed E-state index contributed by atoms with van der Waals surface area (Å²) in [4.78, 5) is 54.1. The van der Waals surface area contributed by atoms with Crippen molar-refractivity contribution in [3.63, 3.8) is 0 Å². The van der Waals surface area contributed by atoms with E-state index >= 15 is 0 Å². The molecule has 1 aromatic carbocycles. The summed E-state index contributed by atoms with van der Waals surface area (Å²) in [5.74, 6) is -3.24. The Morgan fingerprint density at radius 2 is 1.17 bits per heavy atom. The molecule has 2 unspecified atom stereocenters. The van der Waals surface area contributed by atoms with Crippen LogP contribution in [0.25, 0.3) is 0 Å². The van der Waals surface area contributed by atoms with Crippen molar-refractivity contribution in [3.8, 4) is 5.75 Å². The van der Waals surface area contributed by atoms with Gasteiger partial charge in [0, 0.05) is 24.9 Å². The van der Waals surface area contributed by atoms with Gasteiger partial charge in [0.2, 0.25) is 11.9 Å². The molecule has 266 valence electrons. The van der Waals surface area contributed by atoms with E-state index in [1.807, 2.05) is 118 Å². The molecule has 1 aliphatic rings. The molecular weight excluding hydrogens is 648 g/mol. The van der Waals surface area contributed by atoms with Crippen LogP contribution >= 0.6 is 0 Å². The van der Waals surface area contributed by atoms with Crippen LogP contribution in [0.15, 0.2) is 18.2 Å². The lowest BCUT2D eigenvalue weighted by molar-refractivity contribution is -0.320. The molecule has 52 heavy (non-hydrogen) atoms. The van der Waals surface area contributed by atoms with E-state index in [9.17, 15) is 24.3 Å². The quantitative estimate of drug-likeness (QED) is 0.0775. The topological polar surface area (TPSA) is 161 Å². The SMILES string of the molecule is BC(B)(B)C(B)(B)CC(=O)O[C@@H]1C(C)(OC(=O)CC(B)(B)C(B)(B)B)CO[C@H](Oc2ccc(N)cc2C(=O)O)C1(C)OC(=O)CC(B)(B)C(B)(B)B. The molecule has 11 nitrogen and oxygen atoms in total. The summed E-state index contributed by atoms with van der Waals surface area (Å²) >= 11 is 0. The van der Waals surface area contributed by atoms with Gasteiger partial charge >= 0.3 is 23.9 Å². The first-order valence-electron chi connectivity index (χ1n) is 18.1. The fourth-order valence-electron chi connectivity index (χ4n) is 5.35. The van der Waals surface area contributed by atoms with Crippen molar-refractivity contribution >= 4 is 147 Å². The lowest BCUT2D eigenvalue weighted by Gasteiger charge is -2.52. The number of carbonyl (C=O) groups is 4. The second-order valence-corrected chi connectivity index (χ2v) is 20.1. The number of hydrogen-bond acceptors (Lipinski definition) is 10. The number of esters is 3. The van der Waals surface area contributed by atoms with E-state index in [1.165, 1.54) is 25.1 Å². The number of nitrogens with two attached hydrogens (primary N) is 1. The molecule has 4 atom stereocenters. The van der Waals surface area contributed by atoms with Crippen LogP contribution in [0.1, 0.15) is 43.5 Å². The summed E-state index contributed by atoms with van der Waals surface area (Å²) < 4.78 is 31.4. The van der Waals surface area contributed by atoms with Crippen LogP contribution in [0.5, 0.6) is 5.75 Å². The largest absolute Gasteiger partial charge is 0.478 e. The van der Waals surface area contributed by atoms with Gasteiger partial charge in [-0.1, -0.05) is 15.6 Å². The number of aromatic carboxylic acids is 1. The first-order valence-corrected chi connectivity index (χ1v) is 18.1. The third-order valence-corrected chi connectivity index (χ3v) is 12.3. The Labute approximate surface area is 323 Å². The van der Waals surface area contributed by atoms with Crippen LogP contribution < -0.4 is 10.5 Å². The van der Waals surface area contributed by atoms with Crippen molar-refractivity contribution in [2.45, 2.75) is 87.7 Å². The molecule has 0 radical (unpaired) electrons. The molecule has 1 fully saturated rings. The molecule has 2 rings (SSSR count). The van der Waals surface area contributed by atoms with Crippen LogP contribution in [0.2, 0.25) is 31.0 Å². The second kappa shape index (κ2) is 15.4. The van der Waals surface area contributed by atoms with Crippen molar-refractivity contribution in [3.05, 3.63) is 23.8 Å². The summed E-state index contributed by atoms with van der Waals surface area (Å²) in [6, 6.07) is 4.09. The molecule has 0 aliphatic carbocycles. The minimum Gasteiger partial charge on any atom is -0.478 e. The number of carboxylic acid groups (broad SMARTS) is 1. The normalized spacial score (nSPS) is 23.1. The molecule has 1 heterocycles. The Morgan fingerprint density at radius 1 is 0.750 bits per heavy atom. The Bertz CT molecular complexity index is 1530. The summed E-state index contributed by atoms with van der Waals surface area (Å²) in [6.07, 6.45) is -2.97. The van der Waals surface area contributed by atoms with Gasteiger partial charge in [0.15, 0.2) is 11.7 Å². The van der Waals surface area contributed by atoms with Gasteiger partial charge in [0.05, 0.1) is 124 Å². The highest BCUT2D eigenvalue weighted by molar-refractivity contribution is 6.68. The number of anilines is 1. The summed E-state index contributed by atoms with van der Waals surface area (Å²) in [5, 5.41) is 7.57. The van der Waals surface area contributed by atoms with Gasteiger partial charge < -0.3 is 34.5 Å². The number of nitrogen functional groups attached to an aromatic ring is 1. The average molecular weight is 701 g/mol. The van der Waals surface area contributed by atoms with E-state index in [-0.39, 0.29) is 58.2 Å². The summed E-state index contributed by atoms with van der Waals surface area (Å²) in [5.41, 5.74) is 2.20. The fourth-order valence-corrected chi connectivity index (χ4v) is 5.35. The van der Waals surface area contributed by atoms with Gasteiger partial charge in [-0.15, -0.1) is 15.3 Å². The molecule has 26 heteroatoms. The predicted molar refractivity (Wildman–Crippen MR) is 245 cm³/mol. The van der Waals surface area contributed by atoms with E-state index in [2.05, 4.69) is 0 Å². The number of carboxylic acids is 1. The van der Waals surface area contributed by atoms with Gasteiger partial charge in [-0.3, -0.25) is 14.4 Å². The second-order valence-electron chi connectivity index (χ2n) is 20.1. The fraction of sp³-hybridized carbons (Fsp3) is 0.615. The minimum atomic E-state index is -1.96. The van der Waals surface area contributed by atoms with Crippen molar-refractivity contribution in [2.24, 2.45) is 0 Å². The van der Waals surface area contributed by atoms with Gasteiger partial charge in [-0.05, 0) is 32.0 Å². The highest BCUT2D eigenvalue weighted by Gasteiger charge is 2.64. The van der Waals surface area contributed by atoms with Crippen molar-refractivity contribution < 1.29 is 48.0 Å². The number of hydrogen-bond donors (Lipinski definition) is 2. The summed E-state index contributed by atoms with van der Waals surface area (Å²) in [7, 11) is 30.0. The van der Waals surface area contributed by atoms with Crippen LogP contribution in [0.3, 0.4) is 0 Å².